The molecule has 21 heavy (non-hydrogen) atoms. The normalized spacial score (nSPS) is 21.0. The monoisotopic (exact) mass is 288 g/mol. The highest BCUT2D eigenvalue weighted by Gasteiger charge is 2.26. The quantitative estimate of drug-likeness (QED) is 0.893. The average Bonchev–Trinajstić information content (AvgIpc) is 3.32. The summed E-state index contributed by atoms with van der Waals surface area (Å²) in [5, 5.41) is 12.6. The minimum Gasteiger partial charge on any atom is -0.369 e. The molecule has 1 unspecified atom stereocenters. The van der Waals surface area contributed by atoms with E-state index in [4.69, 9.17) is 0 Å². The van der Waals surface area contributed by atoms with Crippen molar-refractivity contribution in [2.75, 3.05) is 37.6 Å². The van der Waals surface area contributed by atoms with E-state index in [-0.39, 0.29) is 11.9 Å². The van der Waals surface area contributed by atoms with Crippen LogP contribution < -0.4 is 10.2 Å². The first kappa shape index (κ1) is 14.3. The molecule has 1 aliphatic heterocycles. The lowest BCUT2D eigenvalue weighted by Crippen LogP contribution is -2.50. The maximum absolute atomic E-state index is 12.9. The summed E-state index contributed by atoms with van der Waals surface area (Å²) in [6.07, 6.45) is 2.41. The molecule has 112 valence electrons. The lowest BCUT2D eigenvalue weighted by molar-refractivity contribution is 0.243. The number of nitrogens with zero attached hydrogens (tertiary/aromatic N) is 3. The van der Waals surface area contributed by atoms with Crippen LogP contribution in [0.4, 0.5) is 10.1 Å². The van der Waals surface area contributed by atoms with Crippen molar-refractivity contribution in [2.24, 2.45) is 0 Å². The Labute approximate surface area is 125 Å². The van der Waals surface area contributed by atoms with Gasteiger partial charge in [0.15, 0.2) is 0 Å². The number of hydrogen-bond acceptors (Lipinski definition) is 4. The Hall–Kier alpha value is -1.64. The van der Waals surface area contributed by atoms with Crippen LogP contribution in [-0.4, -0.2) is 49.7 Å². The maximum atomic E-state index is 12.9. The molecule has 1 atom stereocenters. The standard InChI is InChI=1S/C16H21FN4/c17-13-1-5-16(6-2-13)21-9-7-20(8-10-21)12-15(11-18)19-14-3-4-14/h1-2,5-6,14-15,19H,3-4,7-10,12H2. The molecular weight excluding hydrogens is 267 g/mol. The Bertz CT molecular complexity index is 498. The molecule has 2 aliphatic rings. The zero-order chi connectivity index (χ0) is 14.7. The Morgan fingerprint density at radius 3 is 2.43 bits per heavy atom. The molecule has 0 amide bonds. The first-order valence-corrected chi connectivity index (χ1v) is 7.63. The average molecular weight is 288 g/mol. The van der Waals surface area contributed by atoms with Crippen LogP contribution in [0.25, 0.3) is 0 Å². The van der Waals surface area contributed by atoms with Crippen molar-refractivity contribution >= 4 is 5.69 Å². The SMILES string of the molecule is N#CC(CN1CCN(c2ccc(F)cc2)CC1)NC1CC1. The highest BCUT2D eigenvalue weighted by atomic mass is 19.1. The number of nitrogens with one attached hydrogen (secondary N) is 1. The maximum Gasteiger partial charge on any atom is 0.123 e. The van der Waals surface area contributed by atoms with Crippen molar-refractivity contribution in [2.45, 2.75) is 24.9 Å². The highest BCUT2D eigenvalue weighted by Crippen LogP contribution is 2.20. The van der Waals surface area contributed by atoms with Gasteiger partial charge in [-0.15, -0.1) is 0 Å². The summed E-state index contributed by atoms with van der Waals surface area (Å²) in [7, 11) is 0. The van der Waals surface area contributed by atoms with E-state index in [0.29, 0.717) is 6.04 Å². The third-order valence-corrected chi connectivity index (χ3v) is 4.17. The van der Waals surface area contributed by atoms with Gasteiger partial charge in [0.25, 0.3) is 0 Å². The Morgan fingerprint density at radius 1 is 1.19 bits per heavy atom. The van der Waals surface area contributed by atoms with Gasteiger partial charge in [-0.3, -0.25) is 10.2 Å². The van der Waals surface area contributed by atoms with Crippen LogP contribution in [0.2, 0.25) is 0 Å². The van der Waals surface area contributed by atoms with Gasteiger partial charge < -0.3 is 4.90 Å². The van der Waals surface area contributed by atoms with Crippen molar-refractivity contribution in [3.05, 3.63) is 30.1 Å². The third-order valence-electron chi connectivity index (χ3n) is 4.17. The fourth-order valence-electron chi connectivity index (χ4n) is 2.76. The molecule has 1 heterocycles. The zero-order valence-electron chi connectivity index (χ0n) is 12.1. The fourth-order valence-corrected chi connectivity index (χ4v) is 2.76. The number of anilines is 1. The molecule has 1 saturated carbocycles. The number of nitriles is 1. The summed E-state index contributed by atoms with van der Waals surface area (Å²) >= 11 is 0. The van der Waals surface area contributed by atoms with Gasteiger partial charge >= 0.3 is 0 Å². The van der Waals surface area contributed by atoms with Crippen LogP contribution in [0.15, 0.2) is 24.3 Å². The van der Waals surface area contributed by atoms with E-state index >= 15 is 0 Å². The summed E-state index contributed by atoms with van der Waals surface area (Å²) in [6, 6.07) is 9.54. The smallest absolute Gasteiger partial charge is 0.123 e. The summed E-state index contributed by atoms with van der Waals surface area (Å²) in [4.78, 5) is 4.61. The minimum absolute atomic E-state index is 0.0603. The lowest BCUT2D eigenvalue weighted by atomic mass is 10.2. The lowest BCUT2D eigenvalue weighted by Gasteiger charge is -2.36. The summed E-state index contributed by atoms with van der Waals surface area (Å²) in [5.74, 6) is -0.194. The second kappa shape index (κ2) is 6.42. The van der Waals surface area contributed by atoms with E-state index < -0.39 is 0 Å². The number of benzene rings is 1. The third kappa shape index (κ3) is 3.93. The van der Waals surface area contributed by atoms with E-state index in [9.17, 15) is 9.65 Å². The van der Waals surface area contributed by atoms with Gasteiger partial charge in [-0.2, -0.15) is 5.26 Å². The van der Waals surface area contributed by atoms with Gasteiger partial charge in [0.05, 0.1) is 6.07 Å². The van der Waals surface area contributed by atoms with Gasteiger partial charge in [-0.05, 0) is 37.1 Å². The molecule has 4 nitrogen and oxygen atoms in total. The number of hydrogen-bond donors (Lipinski definition) is 1. The summed E-state index contributed by atoms with van der Waals surface area (Å²) < 4.78 is 12.9. The molecule has 1 aliphatic carbocycles. The fraction of sp³-hybridized carbons (Fsp3) is 0.562. The van der Waals surface area contributed by atoms with Crippen LogP contribution in [0.5, 0.6) is 0 Å². The van der Waals surface area contributed by atoms with Crippen molar-refractivity contribution < 1.29 is 4.39 Å². The van der Waals surface area contributed by atoms with Crippen LogP contribution >= 0.6 is 0 Å². The van der Waals surface area contributed by atoms with Crippen LogP contribution in [-0.2, 0) is 0 Å². The topological polar surface area (TPSA) is 42.3 Å². The largest absolute Gasteiger partial charge is 0.369 e. The van der Waals surface area contributed by atoms with E-state index in [1.54, 1.807) is 0 Å². The molecule has 1 saturated heterocycles. The number of rotatable bonds is 5. The van der Waals surface area contributed by atoms with Gasteiger partial charge in [0.1, 0.15) is 11.9 Å². The van der Waals surface area contributed by atoms with E-state index in [2.05, 4.69) is 21.2 Å². The first-order chi connectivity index (χ1) is 10.2. The van der Waals surface area contributed by atoms with Crippen molar-refractivity contribution in [3.63, 3.8) is 0 Å². The van der Waals surface area contributed by atoms with Gasteiger partial charge in [-0.25, -0.2) is 4.39 Å². The van der Waals surface area contributed by atoms with Gasteiger partial charge in [0.2, 0.25) is 0 Å². The van der Waals surface area contributed by atoms with Gasteiger partial charge in [0, 0.05) is 44.5 Å². The molecule has 1 aromatic carbocycles. The Kier molecular flexibility index (Phi) is 4.37. The van der Waals surface area contributed by atoms with E-state index in [1.165, 1.54) is 25.0 Å². The molecular formula is C16H21FN4. The van der Waals surface area contributed by atoms with Gasteiger partial charge in [-0.1, -0.05) is 0 Å². The summed E-state index contributed by atoms with van der Waals surface area (Å²) in [6.45, 7) is 4.54. The predicted molar refractivity (Wildman–Crippen MR) is 80.6 cm³/mol. The molecule has 0 radical (unpaired) electrons. The molecule has 0 spiro atoms. The molecule has 2 fully saturated rings. The second-order valence-electron chi connectivity index (χ2n) is 5.89. The van der Waals surface area contributed by atoms with E-state index in [1.807, 2.05) is 12.1 Å². The van der Waals surface area contributed by atoms with Crippen LogP contribution in [0.3, 0.4) is 0 Å². The van der Waals surface area contributed by atoms with Crippen molar-refractivity contribution in [1.29, 1.82) is 5.26 Å². The molecule has 1 aromatic rings. The van der Waals surface area contributed by atoms with Crippen molar-refractivity contribution in [3.8, 4) is 6.07 Å². The predicted octanol–water partition coefficient (Wildman–Crippen LogP) is 1.59. The first-order valence-electron chi connectivity index (χ1n) is 7.63. The zero-order valence-corrected chi connectivity index (χ0v) is 12.1. The molecule has 1 N–H and O–H groups in total. The highest BCUT2D eigenvalue weighted by molar-refractivity contribution is 5.46. The number of halogens is 1. The second-order valence-corrected chi connectivity index (χ2v) is 5.89. The Balaban J connectivity index is 1.48. The number of piperazine rings is 1. The van der Waals surface area contributed by atoms with Crippen LogP contribution in [0.1, 0.15) is 12.8 Å². The molecule has 3 rings (SSSR count). The molecule has 0 bridgehead atoms. The van der Waals surface area contributed by atoms with Crippen molar-refractivity contribution in [1.82, 2.24) is 10.2 Å². The summed E-state index contributed by atoms with van der Waals surface area (Å²) in [5.41, 5.74) is 1.07. The van der Waals surface area contributed by atoms with Crippen LogP contribution in [0, 0.1) is 17.1 Å². The van der Waals surface area contributed by atoms with E-state index in [0.717, 1.165) is 38.4 Å². The molecule has 0 aromatic heterocycles. The Morgan fingerprint density at radius 2 is 1.86 bits per heavy atom. The molecule has 5 heteroatoms. The minimum atomic E-state index is -0.194.